The van der Waals surface area contributed by atoms with Gasteiger partial charge in [0.25, 0.3) is 0 Å². The SMILES string of the molecule is CC.CC(C)Cc1ccccc1CN. The maximum atomic E-state index is 5.63. The molecule has 0 heterocycles. The molecule has 0 radical (unpaired) electrons. The average molecular weight is 193 g/mol. The van der Waals surface area contributed by atoms with Gasteiger partial charge in [-0.05, 0) is 23.5 Å². The molecule has 1 aromatic carbocycles. The summed E-state index contributed by atoms with van der Waals surface area (Å²) >= 11 is 0. The molecule has 0 saturated heterocycles. The first-order valence-electron chi connectivity index (χ1n) is 5.51. The summed E-state index contributed by atoms with van der Waals surface area (Å²) in [6, 6.07) is 8.41. The van der Waals surface area contributed by atoms with Crippen molar-refractivity contribution in [1.82, 2.24) is 0 Å². The monoisotopic (exact) mass is 193 g/mol. The van der Waals surface area contributed by atoms with Crippen LogP contribution in [0.5, 0.6) is 0 Å². The van der Waals surface area contributed by atoms with E-state index in [4.69, 9.17) is 5.73 Å². The minimum Gasteiger partial charge on any atom is -0.326 e. The fraction of sp³-hybridized carbons (Fsp3) is 0.538. The molecule has 1 aromatic rings. The van der Waals surface area contributed by atoms with Gasteiger partial charge in [-0.1, -0.05) is 52.0 Å². The first-order chi connectivity index (χ1) is 6.74. The molecule has 0 spiro atoms. The van der Waals surface area contributed by atoms with E-state index in [2.05, 4.69) is 32.0 Å². The van der Waals surface area contributed by atoms with Crippen molar-refractivity contribution >= 4 is 0 Å². The molecule has 80 valence electrons. The van der Waals surface area contributed by atoms with Crippen LogP contribution >= 0.6 is 0 Å². The molecule has 0 amide bonds. The van der Waals surface area contributed by atoms with Crippen molar-refractivity contribution in [2.75, 3.05) is 0 Å². The number of benzene rings is 1. The molecule has 0 aliphatic rings. The summed E-state index contributed by atoms with van der Waals surface area (Å²) in [6.45, 7) is 9.11. The van der Waals surface area contributed by atoms with Crippen molar-refractivity contribution in [2.24, 2.45) is 11.7 Å². The Kier molecular flexibility index (Phi) is 7.13. The maximum absolute atomic E-state index is 5.63. The van der Waals surface area contributed by atoms with Gasteiger partial charge in [-0.3, -0.25) is 0 Å². The predicted octanol–water partition coefficient (Wildman–Crippen LogP) is 3.37. The third-order valence-corrected chi connectivity index (χ3v) is 1.97. The van der Waals surface area contributed by atoms with E-state index < -0.39 is 0 Å². The molecule has 1 rings (SSSR count). The van der Waals surface area contributed by atoms with Crippen molar-refractivity contribution in [3.63, 3.8) is 0 Å². The Bertz CT molecular complexity index is 241. The van der Waals surface area contributed by atoms with E-state index >= 15 is 0 Å². The van der Waals surface area contributed by atoms with Gasteiger partial charge in [0.15, 0.2) is 0 Å². The zero-order valence-electron chi connectivity index (χ0n) is 9.88. The van der Waals surface area contributed by atoms with Gasteiger partial charge < -0.3 is 5.73 Å². The summed E-state index contributed by atoms with van der Waals surface area (Å²) in [5, 5.41) is 0. The topological polar surface area (TPSA) is 26.0 Å². The maximum Gasteiger partial charge on any atom is 0.0180 e. The van der Waals surface area contributed by atoms with E-state index in [0.717, 1.165) is 6.42 Å². The molecular weight excluding hydrogens is 170 g/mol. The Morgan fingerprint density at radius 1 is 1.07 bits per heavy atom. The normalized spacial score (nSPS) is 9.57. The second-order valence-electron chi connectivity index (χ2n) is 3.57. The largest absolute Gasteiger partial charge is 0.326 e. The van der Waals surface area contributed by atoms with Crippen LogP contribution in [0.25, 0.3) is 0 Å². The van der Waals surface area contributed by atoms with E-state index in [1.807, 2.05) is 19.9 Å². The molecule has 0 saturated carbocycles. The minimum atomic E-state index is 0.656. The summed E-state index contributed by atoms with van der Waals surface area (Å²) in [5.74, 6) is 0.706. The highest BCUT2D eigenvalue weighted by Crippen LogP contribution is 2.12. The lowest BCUT2D eigenvalue weighted by Gasteiger charge is -2.09. The van der Waals surface area contributed by atoms with Gasteiger partial charge in [-0.15, -0.1) is 0 Å². The smallest absolute Gasteiger partial charge is 0.0180 e. The second-order valence-corrected chi connectivity index (χ2v) is 3.57. The van der Waals surface area contributed by atoms with Gasteiger partial charge in [0.05, 0.1) is 0 Å². The zero-order valence-corrected chi connectivity index (χ0v) is 9.88. The third-order valence-electron chi connectivity index (χ3n) is 1.97. The van der Waals surface area contributed by atoms with E-state index in [1.165, 1.54) is 11.1 Å². The van der Waals surface area contributed by atoms with Crippen LogP contribution in [0.15, 0.2) is 24.3 Å². The van der Waals surface area contributed by atoms with E-state index in [-0.39, 0.29) is 0 Å². The molecule has 0 bridgehead atoms. The molecule has 0 atom stereocenters. The lowest BCUT2D eigenvalue weighted by atomic mass is 9.98. The number of hydrogen-bond acceptors (Lipinski definition) is 1. The second kappa shape index (κ2) is 7.57. The van der Waals surface area contributed by atoms with Crippen molar-refractivity contribution in [2.45, 2.75) is 40.7 Å². The molecule has 0 aliphatic carbocycles. The van der Waals surface area contributed by atoms with Crippen LogP contribution in [0.3, 0.4) is 0 Å². The summed E-state index contributed by atoms with van der Waals surface area (Å²) in [7, 11) is 0. The summed E-state index contributed by atoms with van der Waals surface area (Å²) in [6.07, 6.45) is 1.13. The molecule has 0 unspecified atom stereocenters. The van der Waals surface area contributed by atoms with Gasteiger partial charge in [-0.25, -0.2) is 0 Å². The van der Waals surface area contributed by atoms with Crippen molar-refractivity contribution in [3.8, 4) is 0 Å². The molecule has 1 nitrogen and oxygen atoms in total. The molecule has 2 N–H and O–H groups in total. The van der Waals surface area contributed by atoms with Gasteiger partial charge in [0.1, 0.15) is 0 Å². The van der Waals surface area contributed by atoms with Crippen LogP contribution in [0.2, 0.25) is 0 Å². The highest BCUT2D eigenvalue weighted by molar-refractivity contribution is 5.27. The van der Waals surface area contributed by atoms with E-state index in [1.54, 1.807) is 0 Å². The van der Waals surface area contributed by atoms with Crippen LogP contribution in [0.1, 0.15) is 38.8 Å². The Hall–Kier alpha value is -0.820. The lowest BCUT2D eigenvalue weighted by Crippen LogP contribution is -2.03. The summed E-state index contributed by atoms with van der Waals surface area (Å²) < 4.78 is 0. The Labute approximate surface area is 88.3 Å². The van der Waals surface area contributed by atoms with Crippen LogP contribution in [-0.4, -0.2) is 0 Å². The van der Waals surface area contributed by atoms with Gasteiger partial charge >= 0.3 is 0 Å². The zero-order chi connectivity index (χ0) is 11.0. The van der Waals surface area contributed by atoms with Crippen LogP contribution < -0.4 is 5.73 Å². The van der Waals surface area contributed by atoms with E-state index in [9.17, 15) is 0 Å². The number of rotatable bonds is 3. The summed E-state index contributed by atoms with van der Waals surface area (Å²) in [5.41, 5.74) is 8.31. The lowest BCUT2D eigenvalue weighted by molar-refractivity contribution is 0.642. The van der Waals surface area contributed by atoms with Crippen LogP contribution in [0, 0.1) is 5.92 Å². The minimum absolute atomic E-state index is 0.656. The predicted molar refractivity (Wildman–Crippen MR) is 64.2 cm³/mol. The van der Waals surface area contributed by atoms with Crippen molar-refractivity contribution in [3.05, 3.63) is 35.4 Å². The fourth-order valence-electron chi connectivity index (χ4n) is 1.40. The standard InChI is InChI=1S/C11H17N.C2H6/c1-9(2)7-10-5-3-4-6-11(10)8-12;1-2/h3-6,9H,7-8,12H2,1-2H3;1-2H3. The molecule has 1 heteroatoms. The quantitative estimate of drug-likeness (QED) is 0.782. The first-order valence-corrected chi connectivity index (χ1v) is 5.51. The Balaban J connectivity index is 0.000000791. The molecule has 0 fully saturated rings. The number of hydrogen-bond donors (Lipinski definition) is 1. The van der Waals surface area contributed by atoms with Crippen LogP contribution in [-0.2, 0) is 13.0 Å². The highest BCUT2D eigenvalue weighted by Gasteiger charge is 2.01. The van der Waals surface area contributed by atoms with Gasteiger partial charge in [0.2, 0.25) is 0 Å². The van der Waals surface area contributed by atoms with Gasteiger partial charge in [0, 0.05) is 6.54 Å². The van der Waals surface area contributed by atoms with Crippen molar-refractivity contribution < 1.29 is 0 Å². The molecule has 14 heavy (non-hydrogen) atoms. The first kappa shape index (κ1) is 13.2. The Morgan fingerprint density at radius 2 is 1.57 bits per heavy atom. The third kappa shape index (κ3) is 4.43. The molecule has 0 aliphatic heterocycles. The molecular formula is C13H23N. The Morgan fingerprint density at radius 3 is 2.00 bits per heavy atom. The van der Waals surface area contributed by atoms with Crippen molar-refractivity contribution in [1.29, 1.82) is 0 Å². The average Bonchev–Trinajstić information content (AvgIpc) is 2.21. The summed E-state index contributed by atoms with van der Waals surface area (Å²) in [4.78, 5) is 0. The van der Waals surface area contributed by atoms with Gasteiger partial charge in [-0.2, -0.15) is 0 Å². The molecule has 0 aromatic heterocycles. The van der Waals surface area contributed by atoms with E-state index in [0.29, 0.717) is 12.5 Å². The highest BCUT2D eigenvalue weighted by atomic mass is 14.5. The van der Waals surface area contributed by atoms with Crippen LogP contribution in [0.4, 0.5) is 0 Å². The fourth-order valence-corrected chi connectivity index (χ4v) is 1.40. The number of nitrogens with two attached hydrogens (primary N) is 1.